The Labute approximate surface area is 152 Å². The number of hydrogen-bond acceptors (Lipinski definition) is 4. The van der Waals surface area contributed by atoms with Crippen molar-refractivity contribution in [2.45, 2.75) is 20.1 Å². The molecule has 5 nitrogen and oxygen atoms in total. The number of ether oxygens (including phenoxy) is 1. The molecule has 3 aromatic rings. The number of nitrogens with one attached hydrogen (secondary N) is 1. The van der Waals surface area contributed by atoms with E-state index in [9.17, 15) is 4.79 Å². The van der Waals surface area contributed by atoms with E-state index in [0.717, 1.165) is 16.9 Å². The number of hydrogen-bond donors (Lipinski definition) is 2. The summed E-state index contributed by atoms with van der Waals surface area (Å²) in [5.74, 6) is 0.739. The molecule has 5 heteroatoms. The Hall–Kier alpha value is -3.34. The van der Waals surface area contributed by atoms with Gasteiger partial charge in [-0.15, -0.1) is 0 Å². The number of aromatic nitrogens is 1. The number of carbonyl (C=O) groups excluding carboxylic acids is 1. The van der Waals surface area contributed by atoms with Crippen LogP contribution in [0.15, 0.2) is 66.9 Å². The molecule has 1 amide bonds. The van der Waals surface area contributed by atoms with Gasteiger partial charge in [-0.2, -0.15) is 0 Å². The fraction of sp³-hybridized carbons (Fsp3) is 0.143. The Balaban J connectivity index is 1.60. The number of aryl methyl sites for hydroxylation is 1. The summed E-state index contributed by atoms with van der Waals surface area (Å²) in [6.07, 6.45) is 1.56. The van der Waals surface area contributed by atoms with Crippen LogP contribution in [0.2, 0.25) is 0 Å². The van der Waals surface area contributed by atoms with Crippen LogP contribution in [0, 0.1) is 6.92 Å². The van der Waals surface area contributed by atoms with Crippen molar-refractivity contribution in [3.05, 3.63) is 89.1 Å². The van der Waals surface area contributed by atoms with Crippen molar-refractivity contribution in [2.24, 2.45) is 0 Å². The van der Waals surface area contributed by atoms with Crippen molar-refractivity contribution in [3.8, 4) is 5.75 Å². The molecular weight excluding hydrogens is 326 g/mol. The van der Waals surface area contributed by atoms with Gasteiger partial charge in [0.25, 0.3) is 5.91 Å². The SMILES string of the molecule is Cc1ccccc1COc1cccc(CNC(=O)c2cccnc2N)c1. The number of rotatable bonds is 6. The summed E-state index contributed by atoms with van der Waals surface area (Å²) < 4.78 is 5.88. The van der Waals surface area contributed by atoms with Gasteiger partial charge in [0.15, 0.2) is 0 Å². The first-order chi connectivity index (χ1) is 12.6. The second kappa shape index (κ2) is 8.16. The molecule has 0 aliphatic rings. The monoisotopic (exact) mass is 347 g/mol. The molecule has 3 N–H and O–H groups in total. The quantitative estimate of drug-likeness (QED) is 0.716. The number of nitrogens with zero attached hydrogens (tertiary/aromatic N) is 1. The van der Waals surface area contributed by atoms with Crippen molar-refractivity contribution in [1.29, 1.82) is 0 Å². The summed E-state index contributed by atoms with van der Waals surface area (Å²) in [7, 11) is 0. The van der Waals surface area contributed by atoms with Gasteiger partial charge in [-0.1, -0.05) is 36.4 Å². The predicted molar refractivity (Wildman–Crippen MR) is 102 cm³/mol. The average Bonchev–Trinajstić information content (AvgIpc) is 2.66. The number of nitrogen functional groups attached to an aromatic ring is 1. The van der Waals surface area contributed by atoms with E-state index >= 15 is 0 Å². The maximum Gasteiger partial charge on any atom is 0.255 e. The Morgan fingerprint density at radius 3 is 2.77 bits per heavy atom. The normalized spacial score (nSPS) is 10.3. The van der Waals surface area contributed by atoms with Gasteiger partial charge < -0.3 is 15.8 Å². The second-order valence-electron chi connectivity index (χ2n) is 5.98. The number of anilines is 1. The molecule has 0 fully saturated rings. The highest BCUT2D eigenvalue weighted by Crippen LogP contribution is 2.17. The van der Waals surface area contributed by atoms with E-state index < -0.39 is 0 Å². The van der Waals surface area contributed by atoms with E-state index in [1.54, 1.807) is 18.3 Å². The molecule has 1 heterocycles. The Morgan fingerprint density at radius 2 is 1.96 bits per heavy atom. The van der Waals surface area contributed by atoms with Crippen LogP contribution < -0.4 is 15.8 Å². The zero-order valence-corrected chi connectivity index (χ0v) is 14.6. The van der Waals surface area contributed by atoms with Gasteiger partial charge in [-0.3, -0.25) is 4.79 Å². The fourth-order valence-electron chi connectivity index (χ4n) is 2.57. The second-order valence-corrected chi connectivity index (χ2v) is 5.98. The number of pyridine rings is 1. The minimum atomic E-state index is -0.248. The van der Waals surface area contributed by atoms with Crippen LogP contribution in [0.1, 0.15) is 27.0 Å². The molecule has 26 heavy (non-hydrogen) atoms. The average molecular weight is 347 g/mol. The van der Waals surface area contributed by atoms with E-state index in [0.29, 0.717) is 18.7 Å². The molecule has 3 rings (SSSR count). The van der Waals surface area contributed by atoms with Crippen LogP contribution in [0.25, 0.3) is 0 Å². The Morgan fingerprint density at radius 1 is 1.12 bits per heavy atom. The third kappa shape index (κ3) is 4.39. The minimum absolute atomic E-state index is 0.223. The van der Waals surface area contributed by atoms with Gasteiger partial charge in [0.1, 0.15) is 18.2 Å². The third-order valence-electron chi connectivity index (χ3n) is 4.09. The van der Waals surface area contributed by atoms with Gasteiger partial charge in [-0.25, -0.2) is 4.98 Å². The van der Waals surface area contributed by atoms with E-state index in [1.807, 2.05) is 36.4 Å². The summed E-state index contributed by atoms with van der Waals surface area (Å²) >= 11 is 0. The molecule has 1 aromatic heterocycles. The van der Waals surface area contributed by atoms with Crippen LogP contribution >= 0.6 is 0 Å². The zero-order chi connectivity index (χ0) is 18.4. The summed E-state index contributed by atoms with van der Waals surface area (Å²) in [5.41, 5.74) is 9.40. The first kappa shape index (κ1) is 17.5. The molecule has 0 atom stereocenters. The number of carbonyl (C=O) groups is 1. The summed E-state index contributed by atoms with van der Waals surface area (Å²) in [6.45, 7) is 2.96. The molecular formula is C21H21N3O2. The molecule has 0 radical (unpaired) electrons. The lowest BCUT2D eigenvalue weighted by Crippen LogP contribution is -2.24. The van der Waals surface area contributed by atoms with E-state index in [1.165, 1.54) is 5.56 Å². The molecule has 0 aliphatic carbocycles. The standard InChI is InChI=1S/C21H21N3O2/c1-15-6-2-3-8-17(15)14-26-18-9-4-7-16(12-18)13-24-21(25)19-10-5-11-23-20(19)22/h2-12H,13-14H2,1H3,(H2,22,23)(H,24,25). The highest BCUT2D eigenvalue weighted by atomic mass is 16.5. The van der Waals surface area contributed by atoms with E-state index in [2.05, 4.69) is 29.4 Å². The summed E-state index contributed by atoms with van der Waals surface area (Å²) in [6, 6.07) is 19.1. The lowest BCUT2D eigenvalue weighted by Gasteiger charge is -2.11. The Bertz CT molecular complexity index is 909. The first-order valence-electron chi connectivity index (χ1n) is 8.38. The first-order valence-corrected chi connectivity index (χ1v) is 8.38. The van der Waals surface area contributed by atoms with Gasteiger partial charge in [0.05, 0.1) is 5.56 Å². The number of amides is 1. The molecule has 132 valence electrons. The van der Waals surface area contributed by atoms with Crippen molar-refractivity contribution in [3.63, 3.8) is 0 Å². The van der Waals surface area contributed by atoms with Crippen molar-refractivity contribution in [2.75, 3.05) is 5.73 Å². The van der Waals surface area contributed by atoms with Crippen LogP contribution in [0.4, 0.5) is 5.82 Å². The Kier molecular flexibility index (Phi) is 5.49. The van der Waals surface area contributed by atoms with Gasteiger partial charge >= 0.3 is 0 Å². The molecule has 0 unspecified atom stereocenters. The fourth-order valence-corrected chi connectivity index (χ4v) is 2.57. The van der Waals surface area contributed by atoms with Crippen molar-refractivity contribution in [1.82, 2.24) is 10.3 Å². The van der Waals surface area contributed by atoms with E-state index in [4.69, 9.17) is 10.5 Å². The predicted octanol–water partition coefficient (Wildman–Crippen LogP) is 3.48. The number of benzene rings is 2. The molecule has 0 aliphatic heterocycles. The maximum atomic E-state index is 12.2. The molecule has 0 bridgehead atoms. The largest absolute Gasteiger partial charge is 0.489 e. The lowest BCUT2D eigenvalue weighted by atomic mass is 10.1. The van der Waals surface area contributed by atoms with Gasteiger partial charge in [0, 0.05) is 12.7 Å². The lowest BCUT2D eigenvalue weighted by molar-refractivity contribution is 0.0951. The highest BCUT2D eigenvalue weighted by molar-refractivity contribution is 5.98. The minimum Gasteiger partial charge on any atom is -0.489 e. The van der Waals surface area contributed by atoms with E-state index in [-0.39, 0.29) is 11.7 Å². The molecule has 0 saturated heterocycles. The topological polar surface area (TPSA) is 77.2 Å². The van der Waals surface area contributed by atoms with Gasteiger partial charge in [0.2, 0.25) is 0 Å². The van der Waals surface area contributed by atoms with Crippen LogP contribution in [0.3, 0.4) is 0 Å². The maximum absolute atomic E-state index is 12.2. The van der Waals surface area contributed by atoms with Crippen LogP contribution in [0.5, 0.6) is 5.75 Å². The van der Waals surface area contributed by atoms with Crippen molar-refractivity contribution < 1.29 is 9.53 Å². The molecule has 0 saturated carbocycles. The molecule has 0 spiro atoms. The van der Waals surface area contributed by atoms with Crippen LogP contribution in [-0.2, 0) is 13.2 Å². The number of nitrogens with two attached hydrogens (primary N) is 1. The zero-order valence-electron chi connectivity index (χ0n) is 14.6. The van der Waals surface area contributed by atoms with Gasteiger partial charge in [-0.05, 0) is 47.9 Å². The molecule has 2 aromatic carbocycles. The summed E-state index contributed by atoms with van der Waals surface area (Å²) in [4.78, 5) is 16.1. The summed E-state index contributed by atoms with van der Waals surface area (Å²) in [5, 5.41) is 2.85. The third-order valence-corrected chi connectivity index (χ3v) is 4.09. The highest BCUT2D eigenvalue weighted by Gasteiger charge is 2.09. The van der Waals surface area contributed by atoms with Crippen molar-refractivity contribution >= 4 is 11.7 Å². The smallest absolute Gasteiger partial charge is 0.255 e. The van der Waals surface area contributed by atoms with Crippen LogP contribution in [-0.4, -0.2) is 10.9 Å².